The van der Waals surface area contributed by atoms with Gasteiger partial charge in [-0.05, 0) is 25.0 Å². The summed E-state index contributed by atoms with van der Waals surface area (Å²) < 4.78 is 5.60. The second-order valence-electron chi connectivity index (χ2n) is 6.29. The molecule has 0 bridgehead atoms. The minimum atomic E-state index is -0.816. The zero-order valence-corrected chi connectivity index (χ0v) is 14.5. The van der Waals surface area contributed by atoms with Crippen LogP contribution in [0.4, 0.5) is 0 Å². The molecule has 0 heterocycles. The quantitative estimate of drug-likeness (QED) is 0.847. The molecule has 1 N–H and O–H groups in total. The van der Waals surface area contributed by atoms with Crippen LogP contribution < -0.4 is 4.74 Å². The summed E-state index contributed by atoms with van der Waals surface area (Å²) in [7, 11) is 3.38. The number of hydrogen-bond donors (Lipinski definition) is 1. The number of ether oxygens (including phenoxy) is 1. The van der Waals surface area contributed by atoms with Gasteiger partial charge in [-0.25, -0.2) is 0 Å². The zero-order chi connectivity index (χ0) is 17.7. The average Bonchev–Trinajstić information content (AvgIpc) is 2.95. The largest absolute Gasteiger partial charge is 0.492 e. The van der Waals surface area contributed by atoms with Crippen molar-refractivity contribution in [3.05, 3.63) is 30.3 Å². The molecular formula is C18H26N2O4. The highest BCUT2D eigenvalue weighted by atomic mass is 16.5. The number of carbonyl (C=O) groups is 2. The van der Waals surface area contributed by atoms with E-state index in [0.717, 1.165) is 5.75 Å². The van der Waals surface area contributed by atoms with Crippen molar-refractivity contribution >= 4 is 11.8 Å². The van der Waals surface area contributed by atoms with Gasteiger partial charge in [0.05, 0.1) is 24.6 Å². The molecule has 1 aromatic carbocycles. The standard InChI is InChI=1S/C18H26N2O4/c1-13(21)20(3)16-10-9-15(17(16)22)18(23)19(2)11-12-24-14-7-5-4-6-8-14/h4-8,15-17,22H,9-12H2,1-3H3/t15-,16-,17+/m1/s1. The summed E-state index contributed by atoms with van der Waals surface area (Å²) >= 11 is 0. The number of benzene rings is 1. The number of aliphatic hydroxyl groups is 1. The second-order valence-corrected chi connectivity index (χ2v) is 6.29. The molecule has 132 valence electrons. The molecular weight excluding hydrogens is 308 g/mol. The normalized spacial score (nSPS) is 22.9. The van der Waals surface area contributed by atoms with Crippen LogP contribution in [-0.2, 0) is 9.59 Å². The lowest BCUT2D eigenvalue weighted by molar-refractivity contribution is -0.140. The van der Waals surface area contributed by atoms with Crippen LogP contribution in [0.5, 0.6) is 5.75 Å². The minimum absolute atomic E-state index is 0.0985. The van der Waals surface area contributed by atoms with Crippen molar-refractivity contribution in [3.8, 4) is 5.75 Å². The van der Waals surface area contributed by atoms with Gasteiger partial charge in [0.25, 0.3) is 0 Å². The lowest BCUT2D eigenvalue weighted by Gasteiger charge is -2.29. The molecule has 3 atom stereocenters. The van der Waals surface area contributed by atoms with E-state index in [0.29, 0.717) is 26.0 Å². The Bertz CT molecular complexity index is 563. The first kappa shape index (κ1) is 18.3. The van der Waals surface area contributed by atoms with Crippen LogP contribution in [0.25, 0.3) is 0 Å². The molecule has 2 amide bonds. The molecule has 1 aliphatic rings. The van der Waals surface area contributed by atoms with Gasteiger partial charge in [-0.15, -0.1) is 0 Å². The molecule has 1 aromatic rings. The van der Waals surface area contributed by atoms with Gasteiger partial charge in [0.15, 0.2) is 0 Å². The van der Waals surface area contributed by atoms with Crippen LogP contribution in [0, 0.1) is 5.92 Å². The fourth-order valence-electron chi connectivity index (χ4n) is 3.10. The molecule has 0 spiro atoms. The number of aliphatic hydroxyl groups excluding tert-OH is 1. The molecule has 0 unspecified atom stereocenters. The number of likely N-dealkylation sites (N-methyl/N-ethyl adjacent to an activating group) is 2. The molecule has 24 heavy (non-hydrogen) atoms. The van der Waals surface area contributed by atoms with Gasteiger partial charge in [-0.1, -0.05) is 18.2 Å². The molecule has 1 saturated carbocycles. The Kier molecular flexibility index (Phi) is 6.20. The summed E-state index contributed by atoms with van der Waals surface area (Å²) in [6.07, 6.45) is 0.414. The maximum atomic E-state index is 12.5. The molecule has 0 saturated heterocycles. The van der Waals surface area contributed by atoms with Crippen LogP contribution in [0.2, 0.25) is 0 Å². The highest BCUT2D eigenvalue weighted by Crippen LogP contribution is 2.30. The Morgan fingerprint density at radius 3 is 2.50 bits per heavy atom. The van der Waals surface area contributed by atoms with E-state index >= 15 is 0 Å². The highest BCUT2D eigenvalue weighted by Gasteiger charge is 2.42. The van der Waals surface area contributed by atoms with Crippen molar-refractivity contribution < 1.29 is 19.4 Å². The number of amides is 2. The van der Waals surface area contributed by atoms with Crippen LogP contribution in [0.1, 0.15) is 19.8 Å². The first-order valence-corrected chi connectivity index (χ1v) is 8.26. The Balaban J connectivity index is 1.83. The van der Waals surface area contributed by atoms with E-state index in [4.69, 9.17) is 4.74 Å². The first-order chi connectivity index (χ1) is 11.4. The molecule has 0 aromatic heterocycles. The topological polar surface area (TPSA) is 70.1 Å². The van der Waals surface area contributed by atoms with Gasteiger partial charge in [-0.2, -0.15) is 0 Å². The van der Waals surface area contributed by atoms with Crippen molar-refractivity contribution in [1.29, 1.82) is 0 Å². The predicted molar refractivity (Wildman–Crippen MR) is 90.5 cm³/mol. The van der Waals surface area contributed by atoms with E-state index in [1.54, 1.807) is 19.0 Å². The van der Waals surface area contributed by atoms with Crippen LogP contribution in [0.3, 0.4) is 0 Å². The third-order valence-electron chi connectivity index (χ3n) is 4.71. The van der Waals surface area contributed by atoms with Crippen LogP contribution >= 0.6 is 0 Å². The first-order valence-electron chi connectivity index (χ1n) is 8.26. The fraction of sp³-hybridized carbons (Fsp3) is 0.556. The summed E-state index contributed by atoms with van der Waals surface area (Å²) in [5, 5.41) is 10.4. The average molecular weight is 334 g/mol. The van der Waals surface area contributed by atoms with Gasteiger partial charge in [0.2, 0.25) is 11.8 Å². The maximum Gasteiger partial charge on any atom is 0.228 e. The fourth-order valence-corrected chi connectivity index (χ4v) is 3.10. The van der Waals surface area contributed by atoms with E-state index in [1.165, 1.54) is 11.8 Å². The monoisotopic (exact) mass is 334 g/mol. The summed E-state index contributed by atoms with van der Waals surface area (Å²) in [6.45, 7) is 2.31. The number of para-hydroxylation sites is 1. The maximum absolute atomic E-state index is 12.5. The van der Waals surface area contributed by atoms with Crippen molar-refractivity contribution in [3.63, 3.8) is 0 Å². The smallest absolute Gasteiger partial charge is 0.228 e. The van der Waals surface area contributed by atoms with Gasteiger partial charge >= 0.3 is 0 Å². The zero-order valence-electron chi connectivity index (χ0n) is 14.5. The summed E-state index contributed by atoms with van der Waals surface area (Å²) in [5.74, 6) is 0.108. The van der Waals surface area contributed by atoms with Gasteiger partial charge in [0, 0.05) is 21.0 Å². The predicted octanol–water partition coefficient (Wildman–Crippen LogP) is 1.14. The van der Waals surface area contributed by atoms with Crippen LogP contribution in [-0.4, -0.2) is 66.1 Å². The number of carbonyl (C=O) groups excluding carboxylic acids is 2. The molecule has 1 fully saturated rings. The van der Waals surface area contributed by atoms with E-state index in [9.17, 15) is 14.7 Å². The van der Waals surface area contributed by atoms with E-state index in [-0.39, 0.29) is 17.9 Å². The van der Waals surface area contributed by atoms with Gasteiger partial charge in [0.1, 0.15) is 12.4 Å². The third kappa shape index (κ3) is 4.26. The number of hydrogen-bond acceptors (Lipinski definition) is 4. The second kappa shape index (κ2) is 8.15. The summed E-state index contributed by atoms with van der Waals surface area (Å²) in [5.41, 5.74) is 0. The van der Waals surface area contributed by atoms with E-state index in [1.807, 2.05) is 30.3 Å². The van der Waals surface area contributed by atoms with Crippen molar-refractivity contribution in [2.45, 2.75) is 31.9 Å². The Morgan fingerprint density at radius 1 is 1.21 bits per heavy atom. The lowest BCUT2D eigenvalue weighted by atomic mass is 10.0. The molecule has 6 nitrogen and oxygen atoms in total. The summed E-state index contributed by atoms with van der Waals surface area (Å²) in [6, 6.07) is 9.15. The summed E-state index contributed by atoms with van der Waals surface area (Å²) in [4.78, 5) is 27.1. The van der Waals surface area contributed by atoms with E-state index < -0.39 is 12.0 Å². The lowest BCUT2D eigenvalue weighted by Crippen LogP contribution is -2.46. The molecule has 2 rings (SSSR count). The highest BCUT2D eigenvalue weighted by molar-refractivity contribution is 5.80. The number of rotatable bonds is 6. The van der Waals surface area contributed by atoms with Crippen LogP contribution in [0.15, 0.2) is 30.3 Å². The van der Waals surface area contributed by atoms with Crippen molar-refractivity contribution in [1.82, 2.24) is 9.80 Å². The third-order valence-corrected chi connectivity index (χ3v) is 4.71. The molecule has 0 radical (unpaired) electrons. The minimum Gasteiger partial charge on any atom is -0.492 e. The molecule has 0 aliphatic heterocycles. The Labute approximate surface area is 143 Å². The Morgan fingerprint density at radius 2 is 1.88 bits per heavy atom. The van der Waals surface area contributed by atoms with Crippen molar-refractivity contribution in [2.24, 2.45) is 5.92 Å². The molecule has 1 aliphatic carbocycles. The van der Waals surface area contributed by atoms with Gasteiger partial charge in [-0.3, -0.25) is 9.59 Å². The molecule has 6 heteroatoms. The van der Waals surface area contributed by atoms with E-state index in [2.05, 4.69) is 0 Å². The number of nitrogens with zero attached hydrogens (tertiary/aromatic N) is 2. The SMILES string of the molecule is CC(=O)N(C)[C@@H]1CC[C@@H](C(=O)N(C)CCOc2ccccc2)[C@@H]1O. The van der Waals surface area contributed by atoms with Crippen molar-refractivity contribution in [2.75, 3.05) is 27.2 Å². The Hall–Kier alpha value is -2.08. The van der Waals surface area contributed by atoms with Gasteiger partial charge < -0.3 is 19.6 Å².